The van der Waals surface area contributed by atoms with Crippen LogP contribution in [0.5, 0.6) is 0 Å². The molecule has 0 N–H and O–H groups in total. The molecule has 0 bridgehead atoms. The molecule has 33 heavy (non-hydrogen) atoms. The van der Waals surface area contributed by atoms with Crippen molar-refractivity contribution in [2.75, 3.05) is 24.0 Å². The van der Waals surface area contributed by atoms with Crippen LogP contribution < -0.4 is 4.31 Å². The number of anilines is 1. The number of nitrogens with zero attached hydrogens (tertiary/aromatic N) is 2. The molecule has 1 aromatic heterocycles. The number of hydrogen-bond donors (Lipinski definition) is 0. The van der Waals surface area contributed by atoms with Crippen LogP contribution in [0.3, 0.4) is 0 Å². The summed E-state index contributed by atoms with van der Waals surface area (Å²) in [5.41, 5.74) is 1.74. The highest BCUT2D eigenvalue weighted by atomic mass is 32.2. The normalized spacial score (nSPS) is 13.3. The molecule has 0 saturated heterocycles. The number of amides is 1. The molecular formula is C24H24N2O5S2. The monoisotopic (exact) mass is 484 g/mol. The van der Waals surface area contributed by atoms with Gasteiger partial charge in [0.2, 0.25) is 0 Å². The van der Waals surface area contributed by atoms with Crippen molar-refractivity contribution < 1.29 is 22.7 Å². The van der Waals surface area contributed by atoms with Crippen molar-refractivity contribution in [3.63, 3.8) is 0 Å². The maximum Gasteiger partial charge on any atom is 0.338 e. The molecule has 1 aliphatic rings. The van der Waals surface area contributed by atoms with Crippen LogP contribution in [0.15, 0.2) is 70.9 Å². The molecule has 0 saturated carbocycles. The fourth-order valence-electron chi connectivity index (χ4n) is 3.76. The number of thiophene rings is 1. The number of hydrogen-bond acceptors (Lipinski definition) is 6. The van der Waals surface area contributed by atoms with Crippen LogP contribution in [0.4, 0.5) is 5.69 Å². The molecular weight excluding hydrogens is 460 g/mol. The topological polar surface area (TPSA) is 84.0 Å². The summed E-state index contributed by atoms with van der Waals surface area (Å²) in [6.07, 6.45) is 0.794. The number of benzene rings is 2. The Kier molecular flexibility index (Phi) is 6.80. The van der Waals surface area contributed by atoms with Gasteiger partial charge in [-0.2, -0.15) is 0 Å². The number of sulfonamides is 1. The van der Waals surface area contributed by atoms with Crippen LogP contribution in [0, 0.1) is 0 Å². The first-order chi connectivity index (χ1) is 15.9. The van der Waals surface area contributed by atoms with Crippen molar-refractivity contribution in [1.29, 1.82) is 0 Å². The SMILES string of the molecule is CCN(c1ccccc1)S(=O)(=O)c1cccc(C(=O)OCC(=O)N2CCc3sccc3C2)c1. The predicted octanol–water partition coefficient (Wildman–Crippen LogP) is 3.71. The first-order valence-corrected chi connectivity index (χ1v) is 12.9. The molecule has 1 aliphatic heterocycles. The van der Waals surface area contributed by atoms with Gasteiger partial charge in [-0.3, -0.25) is 9.10 Å². The van der Waals surface area contributed by atoms with Crippen LogP contribution in [0.2, 0.25) is 0 Å². The van der Waals surface area contributed by atoms with E-state index in [1.807, 2.05) is 17.5 Å². The minimum Gasteiger partial charge on any atom is -0.452 e. The lowest BCUT2D eigenvalue weighted by atomic mass is 10.1. The molecule has 2 aromatic carbocycles. The second-order valence-electron chi connectivity index (χ2n) is 7.54. The van der Waals surface area contributed by atoms with Crippen LogP contribution in [-0.2, 0) is 32.5 Å². The van der Waals surface area contributed by atoms with Gasteiger partial charge in [0.15, 0.2) is 6.61 Å². The Balaban J connectivity index is 1.44. The maximum atomic E-state index is 13.2. The lowest BCUT2D eigenvalue weighted by Gasteiger charge is -2.26. The minimum atomic E-state index is -3.88. The first kappa shape index (κ1) is 23.0. The van der Waals surface area contributed by atoms with E-state index in [9.17, 15) is 18.0 Å². The molecule has 1 amide bonds. The summed E-state index contributed by atoms with van der Waals surface area (Å²) in [6, 6.07) is 16.5. The third-order valence-corrected chi connectivity index (χ3v) is 8.40. The molecule has 0 unspecified atom stereocenters. The lowest BCUT2D eigenvalue weighted by molar-refractivity contribution is -0.135. The molecule has 0 atom stereocenters. The van der Waals surface area contributed by atoms with Crippen molar-refractivity contribution in [2.24, 2.45) is 0 Å². The molecule has 4 rings (SSSR count). The third kappa shape index (κ3) is 4.94. The van der Waals surface area contributed by atoms with Gasteiger partial charge in [-0.25, -0.2) is 13.2 Å². The average Bonchev–Trinajstić information content (AvgIpc) is 3.31. The summed E-state index contributed by atoms with van der Waals surface area (Å²) >= 11 is 1.68. The zero-order chi connectivity index (χ0) is 23.4. The van der Waals surface area contributed by atoms with E-state index in [1.54, 1.807) is 47.4 Å². The molecule has 3 aromatic rings. The van der Waals surface area contributed by atoms with Crippen LogP contribution in [-0.4, -0.2) is 44.9 Å². The van der Waals surface area contributed by atoms with Crippen molar-refractivity contribution in [3.05, 3.63) is 82.0 Å². The number of ether oxygens (including phenoxy) is 1. The van der Waals surface area contributed by atoms with E-state index >= 15 is 0 Å². The summed E-state index contributed by atoms with van der Waals surface area (Å²) in [6.45, 7) is 2.69. The Morgan fingerprint density at radius 1 is 1.09 bits per heavy atom. The second kappa shape index (κ2) is 9.76. The highest BCUT2D eigenvalue weighted by Gasteiger charge is 2.26. The van der Waals surface area contributed by atoms with Crippen LogP contribution in [0.1, 0.15) is 27.7 Å². The molecule has 0 radical (unpaired) electrons. The number of esters is 1. The number of rotatable bonds is 7. The zero-order valence-electron chi connectivity index (χ0n) is 18.1. The lowest BCUT2D eigenvalue weighted by Crippen LogP contribution is -2.38. The highest BCUT2D eigenvalue weighted by molar-refractivity contribution is 7.92. The molecule has 0 fully saturated rings. The Hall–Kier alpha value is -3.17. The first-order valence-electron chi connectivity index (χ1n) is 10.6. The van der Waals surface area contributed by atoms with Gasteiger partial charge in [0.25, 0.3) is 15.9 Å². The van der Waals surface area contributed by atoms with E-state index in [0.29, 0.717) is 18.8 Å². The van der Waals surface area contributed by atoms with Gasteiger partial charge in [0.1, 0.15) is 0 Å². The van der Waals surface area contributed by atoms with Gasteiger partial charge < -0.3 is 9.64 Å². The van der Waals surface area contributed by atoms with Crippen molar-refractivity contribution in [3.8, 4) is 0 Å². The van der Waals surface area contributed by atoms with E-state index < -0.39 is 16.0 Å². The van der Waals surface area contributed by atoms with Gasteiger partial charge in [-0.1, -0.05) is 24.3 Å². The summed E-state index contributed by atoms with van der Waals surface area (Å²) in [7, 11) is -3.88. The largest absolute Gasteiger partial charge is 0.452 e. The standard InChI is InChI=1S/C24H24N2O5S2/c1-2-26(20-8-4-3-5-9-20)33(29,30)21-10-6-7-18(15-21)24(28)31-17-23(27)25-13-11-22-19(16-25)12-14-32-22/h3-10,12,14-15H,2,11,13,16-17H2,1H3. The number of para-hydroxylation sites is 1. The quantitative estimate of drug-likeness (QED) is 0.478. The second-order valence-corrected chi connectivity index (χ2v) is 10.4. The number of carbonyl (C=O) groups excluding carboxylic acids is 2. The molecule has 2 heterocycles. The van der Waals surface area contributed by atoms with Gasteiger partial charge >= 0.3 is 5.97 Å². The van der Waals surface area contributed by atoms with Crippen LogP contribution in [0.25, 0.3) is 0 Å². The summed E-state index contributed by atoms with van der Waals surface area (Å²) in [5.74, 6) is -1.01. The van der Waals surface area contributed by atoms with E-state index in [1.165, 1.54) is 33.4 Å². The predicted molar refractivity (Wildman–Crippen MR) is 127 cm³/mol. The third-order valence-electron chi connectivity index (χ3n) is 5.48. The maximum absolute atomic E-state index is 13.2. The fraction of sp³-hybridized carbons (Fsp3) is 0.250. The van der Waals surface area contributed by atoms with E-state index in [0.717, 1.165) is 12.0 Å². The van der Waals surface area contributed by atoms with Crippen molar-refractivity contribution in [2.45, 2.75) is 24.8 Å². The molecule has 9 heteroatoms. The average molecular weight is 485 g/mol. The summed E-state index contributed by atoms with van der Waals surface area (Å²) in [5, 5.41) is 2.01. The van der Waals surface area contributed by atoms with Gasteiger partial charge in [-0.05, 0) is 60.7 Å². The summed E-state index contributed by atoms with van der Waals surface area (Å²) < 4.78 is 32.9. The Labute approximate surface area is 197 Å². The smallest absolute Gasteiger partial charge is 0.338 e. The van der Waals surface area contributed by atoms with Gasteiger partial charge in [0, 0.05) is 24.5 Å². The molecule has 7 nitrogen and oxygen atoms in total. The van der Waals surface area contributed by atoms with Crippen molar-refractivity contribution >= 4 is 38.9 Å². The Morgan fingerprint density at radius 2 is 1.88 bits per heavy atom. The van der Waals surface area contributed by atoms with Gasteiger partial charge in [-0.15, -0.1) is 11.3 Å². The number of fused-ring (bicyclic) bond motifs is 1. The fourth-order valence-corrected chi connectivity index (χ4v) is 6.17. The van der Waals surface area contributed by atoms with Crippen molar-refractivity contribution in [1.82, 2.24) is 4.90 Å². The van der Waals surface area contributed by atoms with E-state index in [4.69, 9.17) is 4.74 Å². The Morgan fingerprint density at radius 3 is 2.64 bits per heavy atom. The van der Waals surface area contributed by atoms with E-state index in [-0.39, 0.29) is 29.5 Å². The van der Waals surface area contributed by atoms with Crippen LogP contribution >= 0.6 is 11.3 Å². The van der Waals surface area contributed by atoms with Gasteiger partial charge in [0.05, 0.1) is 16.1 Å². The molecule has 0 aliphatic carbocycles. The number of carbonyl (C=O) groups is 2. The zero-order valence-corrected chi connectivity index (χ0v) is 19.8. The minimum absolute atomic E-state index is 0.0185. The molecule has 0 spiro atoms. The van der Waals surface area contributed by atoms with E-state index in [2.05, 4.69) is 0 Å². The highest BCUT2D eigenvalue weighted by Crippen LogP contribution is 2.25. The molecule has 172 valence electrons. The Bertz CT molecular complexity index is 1250. The summed E-state index contributed by atoms with van der Waals surface area (Å²) in [4.78, 5) is 28.0.